The van der Waals surface area contributed by atoms with Gasteiger partial charge in [0.05, 0.1) is 5.54 Å². The molecule has 3 nitrogen and oxygen atoms in total. The van der Waals surface area contributed by atoms with Gasteiger partial charge in [-0.15, -0.1) is 0 Å². The molecule has 0 fully saturated rings. The van der Waals surface area contributed by atoms with Gasteiger partial charge in [0.1, 0.15) is 5.82 Å². The van der Waals surface area contributed by atoms with E-state index in [9.17, 15) is 9.18 Å². The summed E-state index contributed by atoms with van der Waals surface area (Å²) in [5, 5.41) is 5.58. The van der Waals surface area contributed by atoms with Crippen LogP contribution in [0.15, 0.2) is 24.3 Å². The molecule has 1 aromatic carbocycles. The summed E-state index contributed by atoms with van der Waals surface area (Å²) in [6.45, 7) is 3.74. The first kappa shape index (κ1) is 12.6. The second-order valence-electron chi connectivity index (χ2n) is 4.15. The van der Waals surface area contributed by atoms with E-state index in [0.717, 1.165) is 0 Å². The predicted octanol–water partition coefficient (Wildman–Crippen LogP) is 1.44. The van der Waals surface area contributed by atoms with Gasteiger partial charge in [0.15, 0.2) is 0 Å². The van der Waals surface area contributed by atoms with Gasteiger partial charge in [-0.25, -0.2) is 4.39 Å². The maximum absolute atomic E-state index is 13.3. The number of rotatable bonds is 4. The molecule has 4 heteroatoms. The quantitative estimate of drug-likeness (QED) is 0.812. The Hall–Kier alpha value is -1.42. The van der Waals surface area contributed by atoms with Crippen LogP contribution < -0.4 is 10.6 Å². The van der Waals surface area contributed by atoms with Gasteiger partial charge < -0.3 is 10.6 Å². The molecule has 0 saturated carbocycles. The first-order chi connectivity index (χ1) is 7.47. The number of likely N-dealkylation sites (N-methyl/N-ethyl adjacent to an activating group) is 1. The van der Waals surface area contributed by atoms with Crippen LogP contribution >= 0.6 is 0 Å². The van der Waals surface area contributed by atoms with Gasteiger partial charge in [-0.2, -0.15) is 0 Å². The Labute approximate surface area is 95.0 Å². The Bertz CT molecular complexity index is 377. The monoisotopic (exact) mass is 224 g/mol. The van der Waals surface area contributed by atoms with E-state index in [0.29, 0.717) is 5.56 Å². The molecular weight excluding hydrogens is 207 g/mol. The van der Waals surface area contributed by atoms with Crippen molar-refractivity contribution in [3.8, 4) is 0 Å². The topological polar surface area (TPSA) is 41.1 Å². The van der Waals surface area contributed by atoms with Gasteiger partial charge in [0.25, 0.3) is 0 Å². The van der Waals surface area contributed by atoms with E-state index in [-0.39, 0.29) is 18.3 Å². The number of hydrogen-bond donors (Lipinski definition) is 2. The van der Waals surface area contributed by atoms with E-state index < -0.39 is 5.54 Å². The highest BCUT2D eigenvalue weighted by atomic mass is 19.1. The van der Waals surface area contributed by atoms with E-state index in [1.807, 2.05) is 0 Å². The Morgan fingerprint density at radius 1 is 1.38 bits per heavy atom. The van der Waals surface area contributed by atoms with Gasteiger partial charge in [0.2, 0.25) is 5.91 Å². The first-order valence-corrected chi connectivity index (χ1v) is 5.18. The summed E-state index contributed by atoms with van der Waals surface area (Å²) >= 11 is 0. The normalized spacial score (nSPS) is 11.2. The smallest absolute Gasteiger partial charge is 0.239 e. The van der Waals surface area contributed by atoms with E-state index in [1.54, 1.807) is 39.1 Å². The Kier molecular flexibility index (Phi) is 4.01. The molecule has 16 heavy (non-hydrogen) atoms. The third-order valence-corrected chi connectivity index (χ3v) is 2.59. The van der Waals surface area contributed by atoms with Crippen LogP contribution in [0, 0.1) is 5.82 Å². The molecule has 0 aromatic heterocycles. The average molecular weight is 224 g/mol. The summed E-state index contributed by atoms with van der Waals surface area (Å²) in [5.41, 5.74) is -0.159. The fourth-order valence-electron chi connectivity index (χ4n) is 1.15. The maximum atomic E-state index is 13.3. The molecule has 0 aliphatic heterocycles. The summed E-state index contributed by atoms with van der Waals surface area (Å²) < 4.78 is 13.3. The largest absolute Gasteiger partial charge is 0.350 e. The van der Waals surface area contributed by atoms with Crippen molar-refractivity contribution < 1.29 is 9.18 Å². The lowest BCUT2D eigenvalue weighted by molar-refractivity contribution is -0.126. The minimum absolute atomic E-state index is 0.154. The van der Waals surface area contributed by atoms with Gasteiger partial charge in [-0.1, -0.05) is 18.2 Å². The first-order valence-electron chi connectivity index (χ1n) is 5.18. The summed E-state index contributed by atoms with van der Waals surface area (Å²) in [6, 6.07) is 6.40. The van der Waals surface area contributed by atoms with Crippen LogP contribution in [0.1, 0.15) is 19.4 Å². The van der Waals surface area contributed by atoms with Crippen molar-refractivity contribution in [3.05, 3.63) is 35.6 Å². The zero-order valence-corrected chi connectivity index (χ0v) is 9.80. The minimum Gasteiger partial charge on any atom is -0.350 e. The lowest BCUT2D eigenvalue weighted by atomic mass is 10.1. The molecule has 88 valence electrons. The number of nitrogens with one attached hydrogen (secondary N) is 2. The van der Waals surface area contributed by atoms with Gasteiger partial charge in [-0.3, -0.25) is 4.79 Å². The lowest BCUT2D eigenvalue weighted by Gasteiger charge is -2.22. The van der Waals surface area contributed by atoms with Crippen molar-refractivity contribution in [2.75, 3.05) is 7.05 Å². The standard InChI is InChI=1S/C12H17FN2O/c1-12(2,14-3)11(16)15-8-9-6-4-5-7-10(9)13/h4-7,14H,8H2,1-3H3,(H,15,16). The zero-order valence-electron chi connectivity index (χ0n) is 9.80. The SMILES string of the molecule is CNC(C)(C)C(=O)NCc1ccccc1F. The number of benzene rings is 1. The number of carbonyl (C=O) groups is 1. The predicted molar refractivity (Wildman–Crippen MR) is 61.4 cm³/mol. The second-order valence-corrected chi connectivity index (χ2v) is 4.15. The van der Waals surface area contributed by atoms with Gasteiger partial charge in [-0.05, 0) is 27.0 Å². The summed E-state index contributed by atoms with van der Waals surface area (Å²) in [4.78, 5) is 11.7. The zero-order chi connectivity index (χ0) is 12.2. The van der Waals surface area contributed by atoms with E-state index in [4.69, 9.17) is 0 Å². The Morgan fingerprint density at radius 2 is 2.00 bits per heavy atom. The fourth-order valence-corrected chi connectivity index (χ4v) is 1.15. The maximum Gasteiger partial charge on any atom is 0.239 e. The molecule has 0 bridgehead atoms. The highest BCUT2D eigenvalue weighted by Crippen LogP contribution is 2.07. The van der Waals surface area contributed by atoms with Crippen molar-refractivity contribution in [1.82, 2.24) is 10.6 Å². The number of carbonyl (C=O) groups excluding carboxylic acids is 1. The van der Waals surface area contributed by atoms with Crippen LogP contribution in [0.25, 0.3) is 0 Å². The average Bonchev–Trinajstić information content (AvgIpc) is 2.27. The Morgan fingerprint density at radius 3 is 2.56 bits per heavy atom. The van der Waals surface area contributed by atoms with Crippen LogP contribution in [0.3, 0.4) is 0 Å². The summed E-state index contributed by atoms with van der Waals surface area (Å²) in [6.07, 6.45) is 0. The molecule has 0 heterocycles. The molecule has 1 amide bonds. The van der Waals surface area contributed by atoms with Crippen molar-refractivity contribution in [1.29, 1.82) is 0 Å². The van der Waals surface area contributed by atoms with Crippen LogP contribution in [-0.4, -0.2) is 18.5 Å². The lowest BCUT2D eigenvalue weighted by Crippen LogP contribution is -2.50. The summed E-state index contributed by atoms with van der Waals surface area (Å²) in [5.74, 6) is -0.455. The third kappa shape index (κ3) is 3.03. The van der Waals surface area contributed by atoms with Crippen LogP contribution in [0.2, 0.25) is 0 Å². The highest BCUT2D eigenvalue weighted by molar-refractivity contribution is 5.85. The van der Waals surface area contributed by atoms with Crippen LogP contribution in [-0.2, 0) is 11.3 Å². The molecule has 2 N–H and O–H groups in total. The fraction of sp³-hybridized carbons (Fsp3) is 0.417. The van der Waals surface area contributed by atoms with Gasteiger partial charge in [0, 0.05) is 12.1 Å². The number of halogens is 1. The van der Waals surface area contributed by atoms with Crippen LogP contribution in [0.5, 0.6) is 0 Å². The van der Waals surface area contributed by atoms with Crippen LogP contribution in [0.4, 0.5) is 4.39 Å². The molecule has 0 saturated heterocycles. The van der Waals surface area contributed by atoms with Crippen molar-refractivity contribution in [2.45, 2.75) is 25.9 Å². The minimum atomic E-state index is -0.648. The van der Waals surface area contributed by atoms with E-state index in [2.05, 4.69) is 10.6 Å². The van der Waals surface area contributed by atoms with E-state index in [1.165, 1.54) is 6.07 Å². The molecule has 0 unspecified atom stereocenters. The van der Waals surface area contributed by atoms with Crippen molar-refractivity contribution >= 4 is 5.91 Å². The highest BCUT2D eigenvalue weighted by Gasteiger charge is 2.24. The molecule has 0 aliphatic rings. The number of hydrogen-bond acceptors (Lipinski definition) is 2. The van der Waals surface area contributed by atoms with E-state index >= 15 is 0 Å². The second kappa shape index (κ2) is 5.07. The number of amides is 1. The molecule has 0 radical (unpaired) electrons. The molecule has 0 aliphatic carbocycles. The van der Waals surface area contributed by atoms with Crippen molar-refractivity contribution in [2.24, 2.45) is 0 Å². The third-order valence-electron chi connectivity index (χ3n) is 2.59. The summed E-state index contributed by atoms with van der Waals surface area (Å²) in [7, 11) is 1.71. The molecule has 0 spiro atoms. The van der Waals surface area contributed by atoms with Crippen molar-refractivity contribution in [3.63, 3.8) is 0 Å². The molecule has 1 aromatic rings. The molecular formula is C12H17FN2O. The molecule has 1 rings (SSSR count). The molecule has 0 atom stereocenters. The Balaban J connectivity index is 2.59. The van der Waals surface area contributed by atoms with Gasteiger partial charge >= 0.3 is 0 Å².